The fraction of sp³-hybridized carbons (Fsp3) is 0.389. The summed E-state index contributed by atoms with van der Waals surface area (Å²) in [5.41, 5.74) is 2.57. The molecule has 0 saturated carbocycles. The van der Waals surface area contributed by atoms with Crippen molar-refractivity contribution in [2.75, 3.05) is 11.9 Å². The van der Waals surface area contributed by atoms with Crippen LogP contribution in [0.1, 0.15) is 49.7 Å². The third kappa shape index (κ3) is 4.77. The first-order valence-corrected chi connectivity index (χ1v) is 7.93. The van der Waals surface area contributed by atoms with Gasteiger partial charge in [-0.25, -0.2) is 9.97 Å². The zero-order chi connectivity index (χ0) is 16.8. The lowest BCUT2D eigenvalue weighted by molar-refractivity contribution is 0.0944. The predicted molar refractivity (Wildman–Crippen MR) is 93.0 cm³/mol. The van der Waals surface area contributed by atoms with Crippen LogP contribution in [0.25, 0.3) is 0 Å². The molecule has 0 radical (unpaired) electrons. The van der Waals surface area contributed by atoms with Crippen molar-refractivity contribution in [1.29, 1.82) is 0 Å². The van der Waals surface area contributed by atoms with Crippen molar-refractivity contribution in [2.45, 2.75) is 33.6 Å². The summed E-state index contributed by atoms with van der Waals surface area (Å²) in [5.74, 6) is 1.23. The summed E-state index contributed by atoms with van der Waals surface area (Å²) in [6.07, 6.45) is 1.41. The maximum atomic E-state index is 12.1. The highest BCUT2D eigenvalue weighted by Gasteiger charge is 2.11. The second-order valence-electron chi connectivity index (χ2n) is 6.26. The van der Waals surface area contributed by atoms with Gasteiger partial charge in [0.15, 0.2) is 0 Å². The summed E-state index contributed by atoms with van der Waals surface area (Å²) in [6.45, 7) is 9.02. The van der Waals surface area contributed by atoms with Crippen LogP contribution in [0.5, 0.6) is 0 Å². The van der Waals surface area contributed by atoms with Gasteiger partial charge in [-0.2, -0.15) is 0 Å². The van der Waals surface area contributed by atoms with Gasteiger partial charge in [-0.3, -0.25) is 4.79 Å². The second kappa shape index (κ2) is 7.72. The van der Waals surface area contributed by atoms with Crippen LogP contribution < -0.4 is 10.6 Å². The summed E-state index contributed by atoms with van der Waals surface area (Å²) in [4.78, 5) is 20.4. The van der Waals surface area contributed by atoms with Gasteiger partial charge < -0.3 is 10.6 Å². The first-order chi connectivity index (χ1) is 11.0. The Balaban J connectivity index is 2.16. The van der Waals surface area contributed by atoms with Gasteiger partial charge in [-0.15, -0.1) is 0 Å². The number of rotatable bonds is 6. The molecule has 2 aromatic rings. The summed E-state index contributed by atoms with van der Waals surface area (Å²) >= 11 is 0. The largest absolute Gasteiger partial charge is 0.350 e. The van der Waals surface area contributed by atoms with Gasteiger partial charge in [0.2, 0.25) is 0 Å². The minimum absolute atomic E-state index is 0.179. The van der Waals surface area contributed by atoms with Crippen molar-refractivity contribution in [2.24, 2.45) is 5.92 Å². The number of carbonyl (C=O) groups is 1. The first-order valence-electron chi connectivity index (χ1n) is 7.93. The maximum absolute atomic E-state index is 12.1. The van der Waals surface area contributed by atoms with Gasteiger partial charge in [-0.1, -0.05) is 45.9 Å². The first kappa shape index (κ1) is 16.9. The van der Waals surface area contributed by atoms with Crippen molar-refractivity contribution >= 4 is 17.4 Å². The molecular weight excluding hydrogens is 288 g/mol. The Morgan fingerprint density at radius 1 is 1.13 bits per heavy atom. The van der Waals surface area contributed by atoms with Crippen molar-refractivity contribution in [3.8, 4) is 0 Å². The molecule has 0 bridgehead atoms. The molecule has 2 N–H and O–H groups in total. The number of benzene rings is 1. The van der Waals surface area contributed by atoms with Crippen LogP contribution in [-0.4, -0.2) is 22.4 Å². The molecule has 1 aromatic carbocycles. The topological polar surface area (TPSA) is 66.9 Å². The molecule has 2 rings (SSSR count). The van der Waals surface area contributed by atoms with E-state index in [1.54, 1.807) is 6.07 Å². The minimum Gasteiger partial charge on any atom is -0.350 e. The molecule has 0 atom stereocenters. The standard InChI is InChI=1S/C18H24N4O/c1-12(2)10-19-18(23)16-9-17(21-11-20-16)22-15-8-6-5-7-14(15)13(3)4/h5-9,11-13H,10H2,1-4H3,(H,19,23)(H,20,21,22). The Labute approximate surface area is 137 Å². The van der Waals surface area contributed by atoms with Crippen LogP contribution in [0.15, 0.2) is 36.7 Å². The molecule has 1 aromatic heterocycles. The van der Waals surface area contributed by atoms with Crippen molar-refractivity contribution in [3.63, 3.8) is 0 Å². The molecule has 0 spiro atoms. The van der Waals surface area contributed by atoms with Crippen LogP contribution in [0.2, 0.25) is 0 Å². The number of anilines is 2. The molecule has 122 valence electrons. The molecule has 0 aliphatic carbocycles. The zero-order valence-electron chi connectivity index (χ0n) is 14.1. The number of nitrogens with zero attached hydrogens (tertiary/aromatic N) is 2. The Hall–Kier alpha value is -2.43. The third-order valence-electron chi connectivity index (χ3n) is 3.42. The number of aromatic nitrogens is 2. The number of hydrogen-bond acceptors (Lipinski definition) is 4. The summed E-state index contributed by atoms with van der Waals surface area (Å²) in [5, 5.41) is 6.14. The molecule has 23 heavy (non-hydrogen) atoms. The lowest BCUT2D eigenvalue weighted by Gasteiger charge is -2.14. The zero-order valence-corrected chi connectivity index (χ0v) is 14.1. The predicted octanol–water partition coefficient (Wildman–Crippen LogP) is 3.73. The van der Waals surface area contributed by atoms with Crippen molar-refractivity contribution in [1.82, 2.24) is 15.3 Å². The van der Waals surface area contributed by atoms with Gasteiger partial charge in [0.05, 0.1) is 0 Å². The van der Waals surface area contributed by atoms with E-state index >= 15 is 0 Å². The third-order valence-corrected chi connectivity index (χ3v) is 3.42. The van der Waals surface area contributed by atoms with E-state index in [0.717, 1.165) is 5.69 Å². The Morgan fingerprint density at radius 3 is 2.57 bits per heavy atom. The van der Waals surface area contributed by atoms with E-state index < -0.39 is 0 Å². The van der Waals surface area contributed by atoms with Crippen LogP contribution in [0.4, 0.5) is 11.5 Å². The number of carbonyl (C=O) groups excluding carboxylic acids is 1. The van der Waals surface area contributed by atoms with E-state index in [0.29, 0.717) is 29.9 Å². The molecule has 1 amide bonds. The van der Waals surface area contributed by atoms with Gasteiger partial charge >= 0.3 is 0 Å². The number of amides is 1. The quantitative estimate of drug-likeness (QED) is 0.853. The normalized spacial score (nSPS) is 10.9. The van der Waals surface area contributed by atoms with Crippen molar-refractivity contribution in [3.05, 3.63) is 47.9 Å². The van der Waals surface area contributed by atoms with Crippen LogP contribution in [-0.2, 0) is 0 Å². The number of nitrogens with one attached hydrogen (secondary N) is 2. The van der Waals surface area contributed by atoms with E-state index in [9.17, 15) is 4.79 Å². The molecule has 0 aliphatic heterocycles. The highest BCUT2D eigenvalue weighted by molar-refractivity contribution is 5.93. The molecule has 0 fully saturated rings. The van der Waals surface area contributed by atoms with E-state index in [-0.39, 0.29) is 5.91 Å². The maximum Gasteiger partial charge on any atom is 0.270 e. The molecule has 5 nitrogen and oxygen atoms in total. The molecule has 1 heterocycles. The lowest BCUT2D eigenvalue weighted by atomic mass is 10.0. The van der Waals surface area contributed by atoms with Crippen LogP contribution in [0, 0.1) is 5.92 Å². The van der Waals surface area contributed by atoms with Gasteiger partial charge in [0.1, 0.15) is 17.8 Å². The summed E-state index contributed by atoms with van der Waals surface area (Å²) in [6, 6.07) is 9.77. The summed E-state index contributed by atoms with van der Waals surface area (Å²) < 4.78 is 0. The van der Waals surface area contributed by atoms with Crippen LogP contribution >= 0.6 is 0 Å². The van der Waals surface area contributed by atoms with Crippen molar-refractivity contribution < 1.29 is 4.79 Å². The lowest BCUT2D eigenvalue weighted by Crippen LogP contribution is -2.28. The summed E-state index contributed by atoms with van der Waals surface area (Å²) in [7, 11) is 0. The smallest absolute Gasteiger partial charge is 0.270 e. The van der Waals surface area contributed by atoms with Gasteiger partial charge in [0.25, 0.3) is 5.91 Å². The molecule has 0 aliphatic rings. The number of para-hydroxylation sites is 1. The van der Waals surface area contributed by atoms with Gasteiger partial charge in [0, 0.05) is 18.3 Å². The number of hydrogen-bond donors (Lipinski definition) is 2. The van der Waals surface area contributed by atoms with E-state index in [4.69, 9.17) is 0 Å². The molecular formula is C18H24N4O. The Morgan fingerprint density at radius 2 is 1.87 bits per heavy atom. The second-order valence-corrected chi connectivity index (χ2v) is 6.26. The van der Waals surface area contributed by atoms with E-state index in [1.165, 1.54) is 11.9 Å². The Kier molecular flexibility index (Phi) is 5.68. The average Bonchev–Trinajstić information content (AvgIpc) is 2.53. The monoisotopic (exact) mass is 312 g/mol. The molecule has 0 saturated heterocycles. The highest BCUT2D eigenvalue weighted by Crippen LogP contribution is 2.26. The van der Waals surface area contributed by atoms with Gasteiger partial charge in [-0.05, 0) is 23.5 Å². The van der Waals surface area contributed by atoms with Crippen LogP contribution in [0.3, 0.4) is 0 Å². The molecule has 5 heteroatoms. The SMILES string of the molecule is CC(C)CNC(=O)c1cc(Nc2ccccc2C(C)C)ncn1. The van der Waals surface area contributed by atoms with E-state index in [2.05, 4.69) is 54.4 Å². The highest BCUT2D eigenvalue weighted by atomic mass is 16.1. The average molecular weight is 312 g/mol. The fourth-order valence-corrected chi connectivity index (χ4v) is 2.19. The van der Waals surface area contributed by atoms with E-state index in [1.807, 2.05) is 18.2 Å². The molecule has 0 unspecified atom stereocenters. The Bertz CT molecular complexity index is 668. The fourth-order valence-electron chi connectivity index (χ4n) is 2.19. The minimum atomic E-state index is -0.179.